The van der Waals surface area contributed by atoms with Gasteiger partial charge in [-0.15, -0.1) is 0 Å². The summed E-state index contributed by atoms with van der Waals surface area (Å²) in [7, 11) is -8.14. The van der Waals surface area contributed by atoms with E-state index in [1.165, 1.54) is 25.9 Å². The fraction of sp³-hybridized carbons (Fsp3) is 0.765. The van der Waals surface area contributed by atoms with Gasteiger partial charge in [-0.25, -0.2) is 13.7 Å². The number of hydrogen-bond donors (Lipinski definition) is 6. The number of phosphoric acid groups is 2. The Morgan fingerprint density at radius 1 is 1.11 bits per heavy atom. The SMILES string of the molecule is CC1O[C@@H](OP(=O)([O-])OP(=O)(O)OC[C@H]2O[C@@H](n3ccc(=O)[nH]c3=O)C(O)[C@H]2O)C(O)[C@@H](N(C)C)[C@H]1O. The first-order valence-electron chi connectivity index (χ1n) is 10.7. The van der Waals surface area contributed by atoms with Crippen LogP contribution in [0, 0.1) is 0 Å². The van der Waals surface area contributed by atoms with E-state index in [4.69, 9.17) is 9.47 Å². The number of ether oxygens (including phenoxy) is 2. The Bertz CT molecular complexity index is 1160. The number of nitrogens with one attached hydrogen (secondary N) is 1. The van der Waals surface area contributed by atoms with E-state index in [2.05, 4.69) is 13.4 Å². The largest absolute Gasteiger partial charge is 0.756 e. The number of aliphatic hydroxyl groups excluding tert-OH is 4. The molecule has 20 heteroatoms. The summed E-state index contributed by atoms with van der Waals surface area (Å²) in [5.41, 5.74) is -1.71. The zero-order chi connectivity index (χ0) is 27.9. The number of aliphatic hydroxyl groups is 4. The Hall–Kier alpha value is -1.34. The molecule has 0 aliphatic carbocycles. The molecule has 3 heterocycles. The third-order valence-corrected chi connectivity index (χ3v) is 8.27. The number of aromatic amines is 1. The highest BCUT2D eigenvalue weighted by molar-refractivity contribution is 7.60. The van der Waals surface area contributed by atoms with Gasteiger partial charge in [0.25, 0.3) is 13.4 Å². The van der Waals surface area contributed by atoms with Crippen molar-refractivity contribution < 1.29 is 62.2 Å². The van der Waals surface area contributed by atoms with Gasteiger partial charge in [0.05, 0.1) is 24.9 Å². The molecule has 0 radical (unpaired) electrons. The minimum Gasteiger partial charge on any atom is -0.756 e. The van der Waals surface area contributed by atoms with E-state index in [9.17, 15) is 48.9 Å². The van der Waals surface area contributed by atoms with Crippen LogP contribution in [-0.4, -0.2) is 109 Å². The molecule has 0 amide bonds. The van der Waals surface area contributed by atoms with Crippen molar-refractivity contribution in [2.45, 2.75) is 62.1 Å². The fourth-order valence-electron chi connectivity index (χ4n) is 3.90. The average molecular weight is 576 g/mol. The predicted octanol–water partition coefficient (Wildman–Crippen LogP) is -3.83. The second-order valence-electron chi connectivity index (χ2n) is 8.61. The quantitative estimate of drug-likeness (QED) is 0.154. The van der Waals surface area contributed by atoms with Crippen LogP contribution in [0.4, 0.5) is 0 Å². The zero-order valence-electron chi connectivity index (χ0n) is 19.7. The van der Waals surface area contributed by atoms with Gasteiger partial charge in [0.1, 0.15) is 24.4 Å². The molecule has 212 valence electrons. The number of nitrogens with zero attached hydrogens (tertiary/aromatic N) is 2. The predicted molar refractivity (Wildman–Crippen MR) is 117 cm³/mol. The molecule has 11 atom stereocenters. The number of rotatable bonds is 9. The van der Waals surface area contributed by atoms with E-state index in [0.29, 0.717) is 0 Å². The molecular weight excluding hydrogens is 548 g/mol. The third kappa shape index (κ3) is 7.00. The highest BCUT2D eigenvalue weighted by Crippen LogP contribution is 2.59. The van der Waals surface area contributed by atoms with Crippen LogP contribution in [-0.2, 0) is 32.0 Å². The molecule has 18 nitrogen and oxygen atoms in total. The molecule has 1 aromatic rings. The van der Waals surface area contributed by atoms with Gasteiger partial charge in [0.15, 0.2) is 12.5 Å². The molecule has 5 unspecified atom stereocenters. The molecule has 0 saturated carbocycles. The van der Waals surface area contributed by atoms with Crippen molar-refractivity contribution in [2.24, 2.45) is 0 Å². The first-order chi connectivity index (χ1) is 17.0. The van der Waals surface area contributed by atoms with Crippen LogP contribution in [0.1, 0.15) is 13.2 Å². The van der Waals surface area contributed by atoms with Crippen LogP contribution in [0.15, 0.2) is 21.9 Å². The number of phosphoric ester groups is 2. The smallest absolute Gasteiger partial charge is 0.478 e. The summed E-state index contributed by atoms with van der Waals surface area (Å²) < 4.78 is 48.9. The lowest BCUT2D eigenvalue weighted by molar-refractivity contribution is -0.287. The van der Waals surface area contributed by atoms with Crippen molar-refractivity contribution in [3.63, 3.8) is 0 Å². The van der Waals surface area contributed by atoms with Gasteiger partial charge < -0.3 is 44.6 Å². The van der Waals surface area contributed by atoms with Gasteiger partial charge in [-0.1, -0.05) is 0 Å². The Morgan fingerprint density at radius 3 is 2.35 bits per heavy atom. The molecule has 2 aliphatic heterocycles. The van der Waals surface area contributed by atoms with E-state index in [0.717, 1.165) is 16.8 Å². The maximum Gasteiger partial charge on any atom is 0.478 e. The third-order valence-electron chi connectivity index (χ3n) is 5.71. The van der Waals surface area contributed by atoms with E-state index in [-0.39, 0.29) is 0 Å². The first kappa shape index (κ1) is 30.2. The number of hydrogen-bond acceptors (Lipinski definition) is 15. The van der Waals surface area contributed by atoms with E-state index in [1.807, 2.05) is 4.98 Å². The molecule has 37 heavy (non-hydrogen) atoms. The van der Waals surface area contributed by atoms with Crippen LogP contribution < -0.4 is 16.1 Å². The maximum atomic E-state index is 12.3. The Morgan fingerprint density at radius 2 is 1.76 bits per heavy atom. The number of aromatic nitrogens is 2. The normalized spacial score (nSPS) is 37.8. The summed E-state index contributed by atoms with van der Waals surface area (Å²) in [6.45, 7) is 0.394. The number of H-pyrrole nitrogens is 1. The summed E-state index contributed by atoms with van der Waals surface area (Å²) in [4.78, 5) is 48.6. The Labute approximate surface area is 208 Å². The summed E-state index contributed by atoms with van der Waals surface area (Å²) in [6, 6.07) is -0.0639. The van der Waals surface area contributed by atoms with Gasteiger partial charge in [-0.2, -0.15) is 0 Å². The van der Waals surface area contributed by atoms with Crippen LogP contribution in [0.5, 0.6) is 0 Å². The molecule has 0 aromatic carbocycles. The maximum absolute atomic E-state index is 12.3. The molecule has 0 spiro atoms. The lowest BCUT2D eigenvalue weighted by Crippen LogP contribution is -2.62. The second kappa shape index (κ2) is 11.4. The van der Waals surface area contributed by atoms with Crippen molar-refractivity contribution in [2.75, 3.05) is 20.7 Å². The fourth-order valence-corrected chi connectivity index (χ4v) is 6.02. The minimum atomic E-state index is -5.69. The van der Waals surface area contributed by atoms with E-state index in [1.54, 1.807) is 0 Å². The highest BCUT2D eigenvalue weighted by Gasteiger charge is 2.48. The van der Waals surface area contributed by atoms with Crippen molar-refractivity contribution in [1.82, 2.24) is 14.5 Å². The first-order valence-corrected chi connectivity index (χ1v) is 13.7. The lowest BCUT2D eigenvalue weighted by atomic mass is 9.96. The molecule has 2 aliphatic rings. The summed E-state index contributed by atoms with van der Waals surface area (Å²) >= 11 is 0. The molecule has 3 rings (SSSR count). The second-order valence-corrected chi connectivity index (χ2v) is 11.6. The monoisotopic (exact) mass is 576 g/mol. The highest BCUT2D eigenvalue weighted by atomic mass is 31.3. The summed E-state index contributed by atoms with van der Waals surface area (Å²) in [6.07, 6.45) is -11.4. The molecule has 2 saturated heterocycles. The van der Waals surface area contributed by atoms with Gasteiger partial charge in [0, 0.05) is 12.3 Å². The van der Waals surface area contributed by atoms with Crippen molar-refractivity contribution in [1.29, 1.82) is 0 Å². The van der Waals surface area contributed by atoms with Crippen molar-refractivity contribution >= 4 is 15.6 Å². The Kier molecular flexibility index (Phi) is 9.32. The standard InChI is InChI=1S/C17H29N3O15P2/c1-7-11(22)10(19(2)3)13(24)16(32-7)34-37(29,30)35-36(27,28)31-6-8-12(23)14(25)15(33-8)20-5-4-9(21)18-17(20)26/h4-5,7-8,10-16,22-25H,6H2,1-3H3,(H,27,28)(H,29,30)(H,18,21,26)/p-1/t7?,8-,10+,11+,12+,13?,14?,15-,16+/m1/s1. The average Bonchev–Trinajstić information content (AvgIpc) is 3.03. The van der Waals surface area contributed by atoms with Crippen molar-refractivity contribution in [3.8, 4) is 0 Å². The van der Waals surface area contributed by atoms with Gasteiger partial charge in [0.2, 0.25) is 0 Å². The van der Waals surface area contributed by atoms with Gasteiger partial charge >= 0.3 is 13.5 Å². The van der Waals surface area contributed by atoms with Gasteiger partial charge in [-0.05, 0) is 21.0 Å². The van der Waals surface area contributed by atoms with Crippen molar-refractivity contribution in [3.05, 3.63) is 33.1 Å². The molecule has 2 fully saturated rings. The zero-order valence-corrected chi connectivity index (χ0v) is 21.5. The summed E-state index contributed by atoms with van der Waals surface area (Å²) in [5, 5.41) is 40.9. The van der Waals surface area contributed by atoms with Crippen LogP contribution in [0.3, 0.4) is 0 Å². The molecule has 6 N–H and O–H groups in total. The van der Waals surface area contributed by atoms with E-state index >= 15 is 0 Å². The summed E-state index contributed by atoms with van der Waals surface area (Å²) in [5.74, 6) is 0. The van der Waals surface area contributed by atoms with Crippen LogP contribution in [0.2, 0.25) is 0 Å². The van der Waals surface area contributed by atoms with Crippen LogP contribution in [0.25, 0.3) is 0 Å². The molecular formula is C17H28N3O15P2-. The Balaban J connectivity index is 1.62. The van der Waals surface area contributed by atoms with E-state index < -0.39 is 88.7 Å². The number of likely N-dealkylation sites (N-methyl/N-ethyl adjacent to an activating group) is 1. The lowest BCUT2D eigenvalue weighted by Gasteiger charge is -2.45. The topological polar surface area (TPSA) is 263 Å². The molecule has 1 aromatic heterocycles. The van der Waals surface area contributed by atoms with Crippen LogP contribution >= 0.6 is 15.6 Å². The minimum absolute atomic E-state index is 0.731. The molecule has 0 bridgehead atoms. The van der Waals surface area contributed by atoms with Gasteiger partial charge in [-0.3, -0.25) is 28.0 Å².